The van der Waals surface area contributed by atoms with Crippen LogP contribution in [0.3, 0.4) is 0 Å². The van der Waals surface area contributed by atoms with Crippen LogP contribution in [0.4, 0.5) is 26.3 Å². The maximum atomic E-state index is 15.0. The molecule has 0 aliphatic rings. The van der Waals surface area contributed by atoms with E-state index in [0.717, 1.165) is 65.6 Å². The molecule has 0 aromatic heterocycles. The lowest BCUT2D eigenvalue weighted by atomic mass is 9.13. The van der Waals surface area contributed by atoms with Crippen LogP contribution in [-0.2, 0) is 6.54 Å². The molecule has 0 radical (unpaired) electrons. The Labute approximate surface area is 232 Å². The molecule has 0 bridgehead atoms. The predicted octanol–water partition coefficient (Wildman–Crippen LogP) is 6.68. The predicted molar refractivity (Wildman–Crippen MR) is 152 cm³/mol. The van der Waals surface area contributed by atoms with Crippen molar-refractivity contribution in [3.8, 4) is 0 Å². The first kappa shape index (κ1) is 31.0. The molecule has 0 saturated heterocycles. The highest BCUT2D eigenvalue weighted by Gasteiger charge is 2.41. The number of hydrogen-bond donors (Lipinski definition) is 0. The van der Waals surface area contributed by atoms with Gasteiger partial charge in [0.05, 0.1) is 56.0 Å². The Balaban J connectivity index is 0.000000336. The molecule has 0 atom stereocenters. The van der Waals surface area contributed by atoms with Crippen molar-refractivity contribution in [3.63, 3.8) is 0 Å². The van der Waals surface area contributed by atoms with Crippen LogP contribution in [0.5, 0.6) is 0 Å². The van der Waals surface area contributed by atoms with Gasteiger partial charge in [0.25, 0.3) is 0 Å². The summed E-state index contributed by atoms with van der Waals surface area (Å²) in [7, 11) is 6.60. The third kappa shape index (κ3) is 6.97. The highest BCUT2D eigenvalue weighted by atomic mass is 19.2. The number of unbranched alkanes of at least 4 members (excludes halogenated alkanes) is 1. The minimum absolute atomic E-state index is 0.231. The van der Waals surface area contributed by atoms with Crippen molar-refractivity contribution in [2.75, 3.05) is 21.1 Å². The quantitative estimate of drug-likeness (QED) is 0.129. The van der Waals surface area contributed by atoms with E-state index in [2.05, 4.69) is 51.5 Å². The summed E-state index contributed by atoms with van der Waals surface area (Å²) in [4.78, 5) is 0. The number of nitrogens with zero attached hydrogens (tertiary/aromatic N) is 1. The molecule has 4 aromatic rings. The lowest BCUT2D eigenvalue weighted by Crippen LogP contribution is -2.72. The molecule has 0 spiro atoms. The first-order valence-electron chi connectivity index (χ1n) is 13.3. The second-order valence-corrected chi connectivity index (χ2v) is 11.0. The molecule has 4 aromatic carbocycles. The average molecular weight is 557 g/mol. The monoisotopic (exact) mass is 557 g/mol. The molecule has 40 heavy (non-hydrogen) atoms. The standard InChI is InChI=1S/C22H18BF6.C10H16N/c1-2-3-13-23(20-14(24)7-4-8-15(20)25,21-16(26)9-5-10-17(21)27)22-18(28)11-6-12-19(22)29;1-11(2,3)9-10-7-5-4-6-8-10/h4-12H,2-3,13H2,1H3;4-8H,9H2,1-3H3/q-1;+1. The highest BCUT2D eigenvalue weighted by molar-refractivity contribution is 7.11. The fourth-order valence-electron chi connectivity index (χ4n) is 5.45. The van der Waals surface area contributed by atoms with Crippen LogP contribution in [0.15, 0.2) is 84.9 Å². The van der Waals surface area contributed by atoms with Gasteiger partial charge in [-0.05, 0) is 36.4 Å². The zero-order valence-corrected chi connectivity index (χ0v) is 23.2. The van der Waals surface area contributed by atoms with E-state index in [0.29, 0.717) is 6.42 Å². The summed E-state index contributed by atoms with van der Waals surface area (Å²) in [6, 6.07) is 19.3. The Morgan fingerprint density at radius 3 is 1.18 bits per heavy atom. The van der Waals surface area contributed by atoms with Gasteiger partial charge in [0, 0.05) is 5.56 Å². The molecule has 0 aliphatic heterocycles. The molecule has 0 unspecified atom stereocenters. The smallest absolute Gasteiger partial charge is 0.104 e. The van der Waals surface area contributed by atoms with Crippen molar-refractivity contribution in [3.05, 3.63) is 125 Å². The van der Waals surface area contributed by atoms with Crippen LogP contribution in [-0.4, -0.2) is 31.8 Å². The Kier molecular flexibility index (Phi) is 10.3. The summed E-state index contributed by atoms with van der Waals surface area (Å²) < 4.78 is 90.7. The van der Waals surface area contributed by atoms with Gasteiger partial charge in [0.15, 0.2) is 0 Å². The van der Waals surface area contributed by atoms with Crippen LogP contribution in [0.25, 0.3) is 0 Å². The van der Waals surface area contributed by atoms with Crippen molar-refractivity contribution in [2.24, 2.45) is 0 Å². The van der Waals surface area contributed by atoms with Crippen LogP contribution in [0.2, 0.25) is 6.32 Å². The third-order valence-electron chi connectivity index (χ3n) is 6.97. The molecular weight excluding hydrogens is 523 g/mol. The van der Waals surface area contributed by atoms with E-state index in [-0.39, 0.29) is 12.7 Å². The summed E-state index contributed by atoms with van der Waals surface area (Å²) in [5.41, 5.74) is -0.781. The van der Waals surface area contributed by atoms with Gasteiger partial charge >= 0.3 is 0 Å². The lowest BCUT2D eigenvalue weighted by molar-refractivity contribution is -0.884. The summed E-state index contributed by atoms with van der Waals surface area (Å²) in [6.07, 6.45) is -2.85. The van der Waals surface area contributed by atoms with Gasteiger partial charge in [0.2, 0.25) is 0 Å². The molecule has 0 amide bonds. The summed E-state index contributed by atoms with van der Waals surface area (Å²) in [6.45, 7) is 2.86. The van der Waals surface area contributed by atoms with Crippen LogP contribution < -0.4 is 16.4 Å². The molecular formula is C32H34BF6N. The molecule has 0 N–H and O–H groups in total. The molecule has 4 rings (SSSR count). The van der Waals surface area contributed by atoms with Crippen molar-refractivity contribution < 1.29 is 30.8 Å². The summed E-state index contributed by atoms with van der Waals surface area (Å²) in [5, 5.41) is 0. The van der Waals surface area contributed by atoms with Gasteiger partial charge in [-0.3, -0.25) is 0 Å². The Morgan fingerprint density at radius 2 is 0.875 bits per heavy atom. The Hall–Kier alpha value is -3.52. The molecule has 212 valence electrons. The van der Waals surface area contributed by atoms with Crippen molar-refractivity contribution in [1.82, 2.24) is 0 Å². The lowest BCUT2D eigenvalue weighted by Gasteiger charge is -2.43. The molecule has 0 fully saturated rings. The molecule has 1 nitrogen and oxygen atoms in total. The maximum Gasteiger partial charge on any atom is 0.104 e. The number of hydrogen-bond acceptors (Lipinski definition) is 0. The van der Waals surface area contributed by atoms with E-state index in [1.165, 1.54) is 5.56 Å². The number of halogens is 6. The maximum absolute atomic E-state index is 15.0. The molecule has 0 heterocycles. The largest absolute Gasteiger partial charge is 0.327 e. The first-order chi connectivity index (χ1) is 18.9. The second-order valence-electron chi connectivity index (χ2n) is 11.0. The first-order valence-corrected chi connectivity index (χ1v) is 13.3. The van der Waals surface area contributed by atoms with E-state index >= 15 is 0 Å². The zero-order valence-electron chi connectivity index (χ0n) is 23.2. The van der Waals surface area contributed by atoms with E-state index in [4.69, 9.17) is 0 Å². The molecule has 0 saturated carbocycles. The van der Waals surface area contributed by atoms with Crippen LogP contribution >= 0.6 is 0 Å². The second kappa shape index (κ2) is 13.2. The normalized spacial score (nSPS) is 11.7. The minimum atomic E-state index is -3.32. The van der Waals surface area contributed by atoms with E-state index in [1.807, 2.05) is 0 Å². The Bertz CT molecular complexity index is 1230. The van der Waals surface area contributed by atoms with Crippen molar-refractivity contribution in [1.29, 1.82) is 0 Å². The Morgan fingerprint density at radius 1 is 0.525 bits per heavy atom. The topological polar surface area (TPSA) is 0 Å². The van der Waals surface area contributed by atoms with Crippen LogP contribution in [0.1, 0.15) is 25.3 Å². The van der Waals surface area contributed by atoms with Gasteiger partial charge < -0.3 is 4.48 Å². The van der Waals surface area contributed by atoms with Crippen molar-refractivity contribution in [2.45, 2.75) is 32.6 Å². The number of rotatable bonds is 8. The van der Waals surface area contributed by atoms with Gasteiger partial charge in [-0.15, -0.1) is 16.4 Å². The minimum Gasteiger partial charge on any atom is -0.327 e. The average Bonchev–Trinajstić information content (AvgIpc) is 2.87. The number of benzene rings is 4. The van der Waals surface area contributed by atoms with E-state index in [1.54, 1.807) is 6.92 Å². The van der Waals surface area contributed by atoms with Gasteiger partial charge in [-0.1, -0.05) is 68.3 Å². The third-order valence-corrected chi connectivity index (χ3v) is 6.97. The molecule has 0 aliphatic carbocycles. The highest BCUT2D eigenvalue weighted by Crippen LogP contribution is 2.24. The SMILES string of the molecule is CCCC[B-](c1c(F)cccc1F)(c1c(F)cccc1F)c1c(F)cccc1F.C[N+](C)(C)Cc1ccccc1. The van der Waals surface area contributed by atoms with E-state index in [9.17, 15) is 26.3 Å². The van der Waals surface area contributed by atoms with Gasteiger partial charge in [0.1, 0.15) is 12.7 Å². The van der Waals surface area contributed by atoms with Crippen molar-refractivity contribution >= 4 is 22.5 Å². The summed E-state index contributed by atoms with van der Waals surface area (Å²) >= 11 is 0. The zero-order chi connectivity index (χ0) is 29.5. The number of quaternary nitrogens is 1. The van der Waals surface area contributed by atoms with Gasteiger partial charge in [-0.25, -0.2) is 26.3 Å². The summed E-state index contributed by atoms with van der Waals surface area (Å²) in [5.74, 6) is -6.71. The van der Waals surface area contributed by atoms with Crippen LogP contribution in [0, 0.1) is 34.9 Å². The fraction of sp³-hybridized carbons (Fsp3) is 0.250. The fourth-order valence-corrected chi connectivity index (χ4v) is 5.45. The van der Waals surface area contributed by atoms with E-state index < -0.39 is 57.4 Å². The van der Waals surface area contributed by atoms with Gasteiger partial charge in [-0.2, -0.15) is 6.32 Å². The molecule has 8 heteroatoms.